The average molecular weight is 315 g/mol. The zero-order valence-electron chi connectivity index (χ0n) is 10.2. The Labute approximate surface area is 116 Å². The smallest absolute Gasteiger partial charge is 0.0412 e. The van der Waals surface area contributed by atoms with Crippen LogP contribution in [0.5, 0.6) is 0 Å². The molecule has 0 aliphatic carbocycles. The van der Waals surface area contributed by atoms with Crippen LogP contribution in [0, 0.1) is 0 Å². The zero-order chi connectivity index (χ0) is 12.1. The van der Waals surface area contributed by atoms with E-state index in [2.05, 4.69) is 56.1 Å². The summed E-state index contributed by atoms with van der Waals surface area (Å²) >= 11 is 5.63. The molecule has 1 aliphatic heterocycles. The number of rotatable bonds is 3. The number of nitrogens with zero attached hydrogens (tertiary/aromatic N) is 1. The topological polar surface area (TPSA) is 15.3 Å². The molecule has 0 amide bonds. The van der Waals surface area contributed by atoms with E-state index >= 15 is 0 Å². The second kappa shape index (κ2) is 6.66. The average Bonchev–Trinajstić information content (AvgIpc) is 2.58. The van der Waals surface area contributed by atoms with Crippen LogP contribution in [0.3, 0.4) is 0 Å². The highest BCUT2D eigenvalue weighted by molar-refractivity contribution is 9.10. The molecule has 1 fully saturated rings. The van der Waals surface area contributed by atoms with E-state index < -0.39 is 0 Å². The van der Waals surface area contributed by atoms with E-state index in [4.69, 9.17) is 0 Å². The molecule has 0 atom stereocenters. The van der Waals surface area contributed by atoms with Crippen molar-refractivity contribution in [2.24, 2.45) is 0 Å². The molecular weight excluding hydrogens is 296 g/mol. The van der Waals surface area contributed by atoms with Crippen LogP contribution in [0.25, 0.3) is 0 Å². The quantitative estimate of drug-likeness (QED) is 0.923. The predicted octanol–water partition coefficient (Wildman–Crippen LogP) is 3.11. The molecule has 1 saturated heterocycles. The van der Waals surface area contributed by atoms with Crippen LogP contribution in [0.2, 0.25) is 0 Å². The third-order valence-corrected chi connectivity index (χ3v) is 4.51. The van der Waals surface area contributed by atoms with Gasteiger partial charge in [0.25, 0.3) is 0 Å². The third kappa shape index (κ3) is 3.63. The van der Waals surface area contributed by atoms with Gasteiger partial charge < -0.3 is 10.2 Å². The molecule has 1 N–H and O–H groups in total. The Hall–Kier alpha value is -0.190. The third-order valence-electron chi connectivity index (χ3n) is 2.97. The maximum absolute atomic E-state index is 3.56. The minimum atomic E-state index is 0.929. The zero-order valence-corrected chi connectivity index (χ0v) is 12.6. The summed E-state index contributed by atoms with van der Waals surface area (Å²) in [5.41, 5.74) is 2.78. The van der Waals surface area contributed by atoms with E-state index in [9.17, 15) is 0 Å². The maximum atomic E-state index is 3.56. The molecule has 0 unspecified atom stereocenters. The molecule has 1 aromatic rings. The van der Waals surface area contributed by atoms with E-state index in [0.717, 1.165) is 11.0 Å². The maximum Gasteiger partial charge on any atom is 0.0412 e. The van der Waals surface area contributed by atoms with Gasteiger partial charge in [0, 0.05) is 35.5 Å². The fourth-order valence-corrected chi connectivity index (χ4v) is 3.48. The van der Waals surface area contributed by atoms with Gasteiger partial charge in [-0.1, -0.05) is 15.9 Å². The van der Waals surface area contributed by atoms with Gasteiger partial charge in [0.2, 0.25) is 0 Å². The van der Waals surface area contributed by atoms with Crippen molar-refractivity contribution >= 4 is 33.4 Å². The number of hydrogen-bond donors (Lipinski definition) is 1. The Balaban J connectivity index is 2.22. The molecule has 0 radical (unpaired) electrons. The summed E-state index contributed by atoms with van der Waals surface area (Å²) in [7, 11) is 2.00. The molecular formula is C13H19BrN2S. The van der Waals surface area contributed by atoms with Crippen LogP contribution in [0.15, 0.2) is 22.7 Å². The van der Waals surface area contributed by atoms with Crippen molar-refractivity contribution in [1.29, 1.82) is 0 Å². The highest BCUT2D eigenvalue weighted by Crippen LogP contribution is 2.26. The number of anilines is 1. The SMILES string of the molecule is CNCc1cc(Br)ccc1N1CCCSCC1. The van der Waals surface area contributed by atoms with Crippen molar-refractivity contribution in [2.45, 2.75) is 13.0 Å². The number of thioether (sulfide) groups is 1. The standard InChI is InChI=1S/C13H19BrN2S/c1-15-10-11-9-12(14)3-4-13(11)16-5-2-7-17-8-6-16/h3-4,9,15H,2,5-8,10H2,1H3. The highest BCUT2D eigenvalue weighted by atomic mass is 79.9. The van der Waals surface area contributed by atoms with Crippen LogP contribution >= 0.6 is 27.7 Å². The van der Waals surface area contributed by atoms with Crippen molar-refractivity contribution in [1.82, 2.24) is 5.32 Å². The molecule has 1 heterocycles. The Kier molecular flexibility index (Phi) is 5.19. The van der Waals surface area contributed by atoms with Gasteiger partial charge in [0.15, 0.2) is 0 Å². The largest absolute Gasteiger partial charge is 0.370 e. The summed E-state index contributed by atoms with van der Waals surface area (Å²) in [6, 6.07) is 6.61. The van der Waals surface area contributed by atoms with Gasteiger partial charge in [-0.15, -0.1) is 0 Å². The summed E-state index contributed by atoms with van der Waals surface area (Å²) in [4.78, 5) is 2.53. The van der Waals surface area contributed by atoms with Gasteiger partial charge >= 0.3 is 0 Å². The van der Waals surface area contributed by atoms with Crippen LogP contribution in [0.4, 0.5) is 5.69 Å². The summed E-state index contributed by atoms with van der Waals surface area (Å²) in [6.45, 7) is 3.28. The summed E-state index contributed by atoms with van der Waals surface area (Å²) in [5, 5.41) is 3.25. The first-order valence-corrected chi connectivity index (χ1v) is 8.02. The fraction of sp³-hybridized carbons (Fsp3) is 0.538. The first-order chi connectivity index (χ1) is 8.31. The lowest BCUT2D eigenvalue weighted by Crippen LogP contribution is -2.27. The lowest BCUT2D eigenvalue weighted by Gasteiger charge is -2.25. The van der Waals surface area contributed by atoms with Crippen molar-refractivity contribution in [3.05, 3.63) is 28.2 Å². The first-order valence-electron chi connectivity index (χ1n) is 6.07. The molecule has 0 saturated carbocycles. The number of benzene rings is 1. The lowest BCUT2D eigenvalue weighted by atomic mass is 10.1. The molecule has 94 valence electrons. The minimum Gasteiger partial charge on any atom is -0.370 e. The van der Waals surface area contributed by atoms with Gasteiger partial charge in [-0.05, 0) is 43.0 Å². The predicted molar refractivity (Wildman–Crippen MR) is 81.1 cm³/mol. The van der Waals surface area contributed by atoms with Crippen molar-refractivity contribution < 1.29 is 0 Å². The van der Waals surface area contributed by atoms with Crippen LogP contribution in [0.1, 0.15) is 12.0 Å². The van der Waals surface area contributed by atoms with Gasteiger partial charge in [0.1, 0.15) is 0 Å². The fourth-order valence-electron chi connectivity index (χ4n) is 2.18. The Morgan fingerprint density at radius 2 is 2.24 bits per heavy atom. The minimum absolute atomic E-state index is 0.929. The number of nitrogens with one attached hydrogen (secondary N) is 1. The monoisotopic (exact) mass is 314 g/mol. The van der Waals surface area contributed by atoms with Gasteiger partial charge in [-0.3, -0.25) is 0 Å². The van der Waals surface area contributed by atoms with Crippen LogP contribution < -0.4 is 10.2 Å². The molecule has 2 nitrogen and oxygen atoms in total. The van der Waals surface area contributed by atoms with E-state index in [1.807, 2.05) is 7.05 Å². The molecule has 1 aromatic carbocycles. The lowest BCUT2D eigenvalue weighted by molar-refractivity contribution is 0.780. The summed E-state index contributed by atoms with van der Waals surface area (Å²) in [5.74, 6) is 2.55. The van der Waals surface area contributed by atoms with Gasteiger partial charge in [-0.2, -0.15) is 11.8 Å². The molecule has 4 heteroatoms. The summed E-state index contributed by atoms with van der Waals surface area (Å²) < 4.78 is 1.16. The summed E-state index contributed by atoms with van der Waals surface area (Å²) in [6.07, 6.45) is 1.29. The molecule has 2 rings (SSSR count). The van der Waals surface area contributed by atoms with Crippen molar-refractivity contribution in [3.8, 4) is 0 Å². The number of hydrogen-bond acceptors (Lipinski definition) is 3. The van der Waals surface area contributed by atoms with Crippen LogP contribution in [-0.2, 0) is 6.54 Å². The Morgan fingerprint density at radius 1 is 1.35 bits per heavy atom. The highest BCUT2D eigenvalue weighted by Gasteiger charge is 2.13. The Bertz CT molecular complexity index is 362. The Morgan fingerprint density at radius 3 is 3.06 bits per heavy atom. The van der Waals surface area contributed by atoms with E-state index in [1.165, 1.54) is 42.3 Å². The molecule has 17 heavy (non-hydrogen) atoms. The van der Waals surface area contributed by atoms with E-state index in [-0.39, 0.29) is 0 Å². The van der Waals surface area contributed by atoms with Gasteiger partial charge in [-0.25, -0.2) is 0 Å². The van der Waals surface area contributed by atoms with Crippen molar-refractivity contribution in [3.63, 3.8) is 0 Å². The molecule has 0 spiro atoms. The number of halogens is 1. The first kappa shape index (κ1) is 13.2. The molecule has 0 aromatic heterocycles. The van der Waals surface area contributed by atoms with Crippen LogP contribution in [-0.4, -0.2) is 31.6 Å². The van der Waals surface area contributed by atoms with E-state index in [0.29, 0.717) is 0 Å². The second-order valence-electron chi connectivity index (χ2n) is 4.26. The van der Waals surface area contributed by atoms with Crippen molar-refractivity contribution in [2.75, 3.05) is 36.5 Å². The van der Waals surface area contributed by atoms with E-state index in [1.54, 1.807) is 0 Å². The normalized spacial score (nSPS) is 16.9. The second-order valence-corrected chi connectivity index (χ2v) is 6.40. The van der Waals surface area contributed by atoms with Gasteiger partial charge in [0.05, 0.1) is 0 Å². The molecule has 0 bridgehead atoms. The molecule has 1 aliphatic rings.